The van der Waals surface area contributed by atoms with Gasteiger partial charge >= 0.3 is 0 Å². The molecule has 116 valence electrons. The second-order valence-electron chi connectivity index (χ2n) is 5.59. The highest BCUT2D eigenvalue weighted by Gasteiger charge is 2.26. The summed E-state index contributed by atoms with van der Waals surface area (Å²) in [6, 6.07) is 17.3. The van der Waals surface area contributed by atoms with Crippen LogP contribution >= 0.6 is 11.6 Å². The fraction of sp³-hybridized carbons (Fsp3) is 0.278. The number of nitrogens with zero attached hydrogens (tertiary/aromatic N) is 2. The molecule has 2 aromatic rings. The summed E-state index contributed by atoms with van der Waals surface area (Å²) < 4.78 is 0. The van der Waals surface area contributed by atoms with Crippen LogP contribution in [0.15, 0.2) is 54.6 Å². The second-order valence-corrected chi connectivity index (χ2v) is 6.03. The van der Waals surface area contributed by atoms with Crippen LogP contribution in [0.1, 0.15) is 17.2 Å². The number of hydrogen-bond donors (Lipinski definition) is 0. The predicted octanol–water partition coefficient (Wildman–Crippen LogP) is 3.60. The fourth-order valence-electron chi connectivity index (χ4n) is 2.48. The molecule has 0 saturated heterocycles. The molecule has 2 rings (SSSR count). The quantitative estimate of drug-likeness (QED) is 0.841. The Labute approximate surface area is 137 Å². The predicted molar refractivity (Wildman–Crippen MR) is 90.8 cm³/mol. The summed E-state index contributed by atoms with van der Waals surface area (Å²) in [6.45, 7) is 0.652. The third-order valence-electron chi connectivity index (χ3n) is 3.55. The molecule has 0 bridgehead atoms. The van der Waals surface area contributed by atoms with E-state index in [-0.39, 0.29) is 11.9 Å². The summed E-state index contributed by atoms with van der Waals surface area (Å²) in [7, 11) is 5.52. The number of carbonyl (C=O) groups excluding carboxylic acids is 1. The van der Waals surface area contributed by atoms with Crippen LogP contribution in [0.5, 0.6) is 0 Å². The van der Waals surface area contributed by atoms with E-state index in [1.165, 1.54) is 0 Å². The Bertz CT molecular complexity index is 628. The molecule has 0 aliphatic rings. The largest absolute Gasteiger partial charge is 0.347 e. The van der Waals surface area contributed by atoms with Gasteiger partial charge in [0.2, 0.25) is 5.91 Å². The van der Waals surface area contributed by atoms with Crippen LogP contribution in [0.3, 0.4) is 0 Å². The van der Waals surface area contributed by atoms with Gasteiger partial charge in [-0.25, -0.2) is 0 Å². The SMILES string of the molecule is CN(C)C(=O)[C@H](c1ccccc1)N(C)Cc1cccc(Cl)c1. The van der Waals surface area contributed by atoms with Gasteiger partial charge in [0.25, 0.3) is 0 Å². The van der Waals surface area contributed by atoms with Crippen LogP contribution < -0.4 is 0 Å². The van der Waals surface area contributed by atoms with Gasteiger partial charge in [0, 0.05) is 25.7 Å². The maximum atomic E-state index is 12.6. The van der Waals surface area contributed by atoms with E-state index in [0.717, 1.165) is 11.1 Å². The number of benzene rings is 2. The van der Waals surface area contributed by atoms with E-state index in [2.05, 4.69) is 0 Å². The minimum Gasteiger partial charge on any atom is -0.347 e. The number of likely N-dealkylation sites (N-methyl/N-ethyl adjacent to an activating group) is 2. The lowest BCUT2D eigenvalue weighted by molar-refractivity contribution is -0.134. The zero-order valence-corrected chi connectivity index (χ0v) is 13.9. The molecule has 0 spiro atoms. The van der Waals surface area contributed by atoms with Crippen LogP contribution in [0.25, 0.3) is 0 Å². The lowest BCUT2D eigenvalue weighted by Crippen LogP contribution is -2.37. The first-order chi connectivity index (χ1) is 10.5. The molecular weight excluding hydrogens is 296 g/mol. The van der Waals surface area contributed by atoms with E-state index >= 15 is 0 Å². The molecule has 0 N–H and O–H groups in total. The zero-order chi connectivity index (χ0) is 16.1. The molecule has 0 saturated carbocycles. The maximum absolute atomic E-state index is 12.6. The molecule has 4 heteroatoms. The van der Waals surface area contributed by atoms with Crippen molar-refractivity contribution in [3.8, 4) is 0 Å². The average Bonchev–Trinajstić information content (AvgIpc) is 2.48. The molecule has 0 unspecified atom stereocenters. The third kappa shape index (κ3) is 4.09. The zero-order valence-electron chi connectivity index (χ0n) is 13.2. The molecule has 22 heavy (non-hydrogen) atoms. The first-order valence-electron chi connectivity index (χ1n) is 7.20. The van der Waals surface area contributed by atoms with Gasteiger partial charge in [-0.05, 0) is 30.3 Å². The summed E-state index contributed by atoms with van der Waals surface area (Å²) in [5, 5.41) is 0.709. The van der Waals surface area contributed by atoms with E-state index in [1.54, 1.807) is 19.0 Å². The van der Waals surface area contributed by atoms with Gasteiger partial charge in [-0.3, -0.25) is 9.69 Å². The van der Waals surface area contributed by atoms with E-state index in [9.17, 15) is 4.79 Å². The van der Waals surface area contributed by atoms with E-state index in [0.29, 0.717) is 11.6 Å². The first kappa shape index (κ1) is 16.5. The van der Waals surface area contributed by atoms with Crippen LogP contribution in [0.4, 0.5) is 0 Å². The highest BCUT2D eigenvalue weighted by molar-refractivity contribution is 6.30. The summed E-state index contributed by atoms with van der Waals surface area (Å²) in [6.07, 6.45) is 0. The molecule has 0 radical (unpaired) electrons. The topological polar surface area (TPSA) is 23.6 Å². The van der Waals surface area contributed by atoms with Gasteiger partial charge < -0.3 is 4.90 Å². The normalized spacial score (nSPS) is 12.2. The van der Waals surface area contributed by atoms with Crippen molar-refractivity contribution in [3.63, 3.8) is 0 Å². The second kappa shape index (κ2) is 7.43. The Hall–Kier alpha value is -1.84. The molecule has 0 aliphatic carbocycles. The monoisotopic (exact) mass is 316 g/mol. The minimum atomic E-state index is -0.310. The number of amides is 1. The third-order valence-corrected chi connectivity index (χ3v) is 3.79. The molecule has 1 atom stereocenters. The van der Waals surface area contributed by atoms with Gasteiger partial charge in [-0.1, -0.05) is 54.1 Å². The van der Waals surface area contributed by atoms with E-state index in [1.807, 2.05) is 66.5 Å². The molecular formula is C18H21ClN2O. The number of halogens is 1. The summed E-state index contributed by atoms with van der Waals surface area (Å²) in [4.78, 5) is 16.3. The molecule has 0 fully saturated rings. The van der Waals surface area contributed by atoms with Crippen LogP contribution in [-0.4, -0.2) is 36.9 Å². The van der Waals surface area contributed by atoms with Crippen molar-refractivity contribution < 1.29 is 4.79 Å². The van der Waals surface area contributed by atoms with Crippen LogP contribution in [0.2, 0.25) is 5.02 Å². The summed E-state index contributed by atoms with van der Waals surface area (Å²) in [5.74, 6) is 0.0655. The number of carbonyl (C=O) groups is 1. The molecule has 3 nitrogen and oxygen atoms in total. The van der Waals surface area contributed by atoms with Crippen molar-refractivity contribution in [2.24, 2.45) is 0 Å². The van der Waals surface area contributed by atoms with Gasteiger partial charge in [0.1, 0.15) is 6.04 Å². The molecule has 0 heterocycles. The highest BCUT2D eigenvalue weighted by atomic mass is 35.5. The van der Waals surface area contributed by atoms with Crippen LogP contribution in [0, 0.1) is 0 Å². The minimum absolute atomic E-state index is 0.0655. The first-order valence-corrected chi connectivity index (χ1v) is 7.57. The van der Waals surface area contributed by atoms with E-state index in [4.69, 9.17) is 11.6 Å². The Kier molecular flexibility index (Phi) is 5.58. The highest BCUT2D eigenvalue weighted by Crippen LogP contribution is 2.23. The van der Waals surface area contributed by atoms with E-state index < -0.39 is 0 Å². The maximum Gasteiger partial charge on any atom is 0.244 e. The number of hydrogen-bond acceptors (Lipinski definition) is 2. The lowest BCUT2D eigenvalue weighted by atomic mass is 10.0. The Morgan fingerprint density at radius 2 is 1.73 bits per heavy atom. The van der Waals surface area contributed by atoms with Crippen molar-refractivity contribution in [1.29, 1.82) is 0 Å². The summed E-state index contributed by atoms with van der Waals surface area (Å²) in [5.41, 5.74) is 2.08. The lowest BCUT2D eigenvalue weighted by Gasteiger charge is -2.29. The van der Waals surface area contributed by atoms with Gasteiger partial charge in [0.05, 0.1) is 0 Å². The molecule has 0 aromatic heterocycles. The van der Waals surface area contributed by atoms with Crippen molar-refractivity contribution in [2.75, 3.05) is 21.1 Å². The van der Waals surface area contributed by atoms with Gasteiger partial charge in [0.15, 0.2) is 0 Å². The van der Waals surface area contributed by atoms with Crippen molar-refractivity contribution in [1.82, 2.24) is 9.80 Å². The standard InChI is InChI=1S/C18H21ClN2O/c1-20(2)18(22)17(15-9-5-4-6-10-15)21(3)13-14-8-7-11-16(19)12-14/h4-12,17H,13H2,1-3H3/t17-/m0/s1. The van der Waals surface area contributed by atoms with Crippen LogP contribution in [-0.2, 0) is 11.3 Å². The molecule has 2 aromatic carbocycles. The Morgan fingerprint density at radius 1 is 1.05 bits per heavy atom. The fourth-order valence-corrected chi connectivity index (χ4v) is 2.69. The Balaban J connectivity index is 2.26. The molecule has 0 aliphatic heterocycles. The average molecular weight is 317 g/mol. The Morgan fingerprint density at radius 3 is 2.32 bits per heavy atom. The number of rotatable bonds is 5. The van der Waals surface area contributed by atoms with Crippen molar-refractivity contribution in [2.45, 2.75) is 12.6 Å². The van der Waals surface area contributed by atoms with Gasteiger partial charge in [-0.2, -0.15) is 0 Å². The van der Waals surface area contributed by atoms with Crippen molar-refractivity contribution in [3.05, 3.63) is 70.7 Å². The van der Waals surface area contributed by atoms with Gasteiger partial charge in [-0.15, -0.1) is 0 Å². The van der Waals surface area contributed by atoms with Crippen molar-refractivity contribution >= 4 is 17.5 Å². The smallest absolute Gasteiger partial charge is 0.244 e. The molecule has 1 amide bonds. The summed E-state index contributed by atoms with van der Waals surface area (Å²) >= 11 is 6.04.